The van der Waals surface area contributed by atoms with E-state index >= 15 is 0 Å². The van der Waals surface area contributed by atoms with Gasteiger partial charge in [0.1, 0.15) is 6.61 Å². The summed E-state index contributed by atoms with van der Waals surface area (Å²) in [4.78, 5) is 21.0. The number of para-hydroxylation sites is 1. The monoisotopic (exact) mass is 323 g/mol. The highest BCUT2D eigenvalue weighted by Crippen LogP contribution is 2.23. The molecule has 1 amide bonds. The number of methoxy groups -OCH3 is 1. The first-order valence-corrected chi connectivity index (χ1v) is 7.81. The Balaban J connectivity index is 0.000000379. The highest BCUT2D eigenvalue weighted by atomic mass is 16.5. The molecule has 0 saturated heterocycles. The van der Waals surface area contributed by atoms with E-state index in [1.165, 1.54) is 39.2 Å². The molecule has 0 unspecified atom stereocenters. The van der Waals surface area contributed by atoms with Crippen molar-refractivity contribution in [3.05, 3.63) is 30.3 Å². The second-order valence-electron chi connectivity index (χ2n) is 5.42. The number of rotatable bonds is 5. The van der Waals surface area contributed by atoms with Crippen LogP contribution in [-0.4, -0.2) is 37.5 Å². The highest BCUT2D eigenvalue weighted by molar-refractivity contribution is 5.84. The van der Waals surface area contributed by atoms with E-state index in [0.717, 1.165) is 5.69 Å². The maximum Gasteiger partial charge on any atom is 0.411 e. The van der Waals surface area contributed by atoms with E-state index in [4.69, 9.17) is 9.84 Å². The van der Waals surface area contributed by atoms with Crippen molar-refractivity contribution in [3.8, 4) is 0 Å². The Hall–Kier alpha value is -2.08. The lowest BCUT2D eigenvalue weighted by Gasteiger charge is -2.21. The van der Waals surface area contributed by atoms with Gasteiger partial charge in [0.05, 0.1) is 6.61 Å². The Labute approximate surface area is 136 Å². The van der Waals surface area contributed by atoms with Gasteiger partial charge in [-0.15, -0.1) is 0 Å². The number of hydrogen-bond acceptors (Lipinski definition) is 4. The van der Waals surface area contributed by atoms with Crippen LogP contribution in [0.15, 0.2) is 30.3 Å². The van der Waals surface area contributed by atoms with Gasteiger partial charge >= 0.3 is 12.1 Å². The summed E-state index contributed by atoms with van der Waals surface area (Å²) >= 11 is 0. The fourth-order valence-electron chi connectivity index (χ4n) is 2.35. The van der Waals surface area contributed by atoms with E-state index < -0.39 is 5.97 Å². The van der Waals surface area contributed by atoms with Crippen molar-refractivity contribution < 1.29 is 24.2 Å². The summed E-state index contributed by atoms with van der Waals surface area (Å²) < 4.78 is 9.44. The number of benzene rings is 1. The van der Waals surface area contributed by atoms with Crippen molar-refractivity contribution >= 4 is 17.7 Å². The third-order valence-electron chi connectivity index (χ3n) is 3.46. The van der Waals surface area contributed by atoms with Crippen LogP contribution in [-0.2, 0) is 14.3 Å². The van der Waals surface area contributed by atoms with Gasteiger partial charge < -0.3 is 14.6 Å². The molecule has 6 nitrogen and oxygen atoms in total. The lowest BCUT2D eigenvalue weighted by atomic mass is 9.90. The fourth-order valence-corrected chi connectivity index (χ4v) is 2.35. The second-order valence-corrected chi connectivity index (χ2v) is 5.42. The molecule has 0 aliphatic heterocycles. The minimum Gasteiger partial charge on any atom is -0.480 e. The molecular weight excluding hydrogens is 298 g/mol. The number of carbonyl (C=O) groups excluding carboxylic acids is 1. The predicted molar refractivity (Wildman–Crippen MR) is 87.5 cm³/mol. The Kier molecular flexibility index (Phi) is 9.47. The van der Waals surface area contributed by atoms with Gasteiger partial charge in [-0.1, -0.05) is 37.5 Å². The zero-order valence-corrected chi connectivity index (χ0v) is 13.5. The molecule has 2 rings (SSSR count). The number of nitrogens with one attached hydrogen (secondary N) is 1. The van der Waals surface area contributed by atoms with Crippen LogP contribution in [0.5, 0.6) is 0 Å². The first-order valence-electron chi connectivity index (χ1n) is 7.81. The lowest BCUT2D eigenvalue weighted by molar-refractivity contribution is -0.141. The van der Waals surface area contributed by atoms with Crippen LogP contribution in [0.3, 0.4) is 0 Å². The summed E-state index contributed by atoms with van der Waals surface area (Å²) in [6.07, 6.45) is 5.91. The van der Waals surface area contributed by atoms with E-state index in [0.29, 0.717) is 12.5 Å². The number of anilines is 1. The Morgan fingerprint density at radius 2 is 1.83 bits per heavy atom. The molecule has 1 aliphatic rings. The largest absolute Gasteiger partial charge is 0.480 e. The molecular formula is C17H25NO5. The minimum absolute atomic E-state index is 0.208. The molecule has 1 aromatic carbocycles. The second kappa shape index (κ2) is 11.5. The van der Waals surface area contributed by atoms with Crippen molar-refractivity contribution in [1.82, 2.24) is 0 Å². The maximum absolute atomic E-state index is 11.5. The average molecular weight is 323 g/mol. The molecule has 1 saturated carbocycles. The smallest absolute Gasteiger partial charge is 0.411 e. The van der Waals surface area contributed by atoms with Crippen molar-refractivity contribution in [2.75, 3.05) is 25.6 Å². The maximum atomic E-state index is 11.5. The van der Waals surface area contributed by atoms with E-state index in [1.807, 2.05) is 30.3 Å². The molecule has 23 heavy (non-hydrogen) atoms. The number of carboxylic acid groups (broad SMARTS) is 1. The minimum atomic E-state index is -0.933. The molecule has 1 aliphatic carbocycles. The summed E-state index contributed by atoms with van der Waals surface area (Å²) in [7, 11) is 1.34. The number of ether oxygens (including phenoxy) is 2. The van der Waals surface area contributed by atoms with Crippen LogP contribution in [0.1, 0.15) is 32.1 Å². The van der Waals surface area contributed by atoms with Crippen LogP contribution in [0.4, 0.5) is 10.5 Å². The SMILES string of the molecule is COCC(=O)O.O=C(Nc1ccccc1)OCC1CCCCC1. The van der Waals surface area contributed by atoms with E-state index in [9.17, 15) is 9.59 Å². The molecule has 128 valence electrons. The van der Waals surface area contributed by atoms with E-state index in [-0.39, 0.29) is 12.7 Å². The Bertz CT molecular complexity index is 457. The van der Waals surface area contributed by atoms with Gasteiger partial charge in [0.25, 0.3) is 0 Å². The number of aliphatic carboxylic acids is 1. The highest BCUT2D eigenvalue weighted by Gasteiger charge is 2.15. The standard InChI is InChI=1S/C14H19NO2.C3H6O3/c16-14(15-13-9-5-2-6-10-13)17-11-12-7-3-1-4-8-12;1-6-2-3(4)5/h2,5-6,9-10,12H,1,3-4,7-8,11H2,(H,15,16);2H2,1H3,(H,4,5). The fraction of sp³-hybridized carbons (Fsp3) is 0.529. The predicted octanol–water partition coefficient (Wildman–Crippen LogP) is 3.53. The van der Waals surface area contributed by atoms with Crippen molar-refractivity contribution in [3.63, 3.8) is 0 Å². The molecule has 2 N–H and O–H groups in total. The molecule has 6 heteroatoms. The molecule has 1 aromatic rings. The summed E-state index contributed by atoms with van der Waals surface area (Å²) in [5.41, 5.74) is 0.779. The van der Waals surface area contributed by atoms with Gasteiger partial charge in [0.15, 0.2) is 0 Å². The number of amides is 1. The average Bonchev–Trinajstić information content (AvgIpc) is 2.55. The normalized spacial score (nSPS) is 14.3. The van der Waals surface area contributed by atoms with Gasteiger partial charge in [-0.25, -0.2) is 9.59 Å². The van der Waals surface area contributed by atoms with Crippen molar-refractivity contribution in [2.24, 2.45) is 5.92 Å². The number of carboxylic acids is 1. The zero-order chi connectivity index (χ0) is 16.9. The quantitative estimate of drug-likeness (QED) is 0.866. The Morgan fingerprint density at radius 1 is 1.17 bits per heavy atom. The Morgan fingerprint density at radius 3 is 2.35 bits per heavy atom. The van der Waals surface area contributed by atoms with E-state index in [1.54, 1.807) is 0 Å². The van der Waals surface area contributed by atoms with Gasteiger partial charge in [-0.3, -0.25) is 5.32 Å². The molecule has 0 heterocycles. The van der Waals surface area contributed by atoms with Crippen LogP contribution < -0.4 is 5.32 Å². The van der Waals surface area contributed by atoms with Gasteiger partial charge in [-0.2, -0.15) is 0 Å². The zero-order valence-electron chi connectivity index (χ0n) is 13.5. The lowest BCUT2D eigenvalue weighted by Crippen LogP contribution is -2.20. The number of hydrogen-bond donors (Lipinski definition) is 2. The third kappa shape index (κ3) is 9.52. The van der Waals surface area contributed by atoms with Crippen molar-refractivity contribution in [1.29, 1.82) is 0 Å². The molecule has 1 fully saturated rings. The van der Waals surface area contributed by atoms with E-state index in [2.05, 4.69) is 10.1 Å². The van der Waals surface area contributed by atoms with Gasteiger partial charge in [-0.05, 0) is 30.9 Å². The van der Waals surface area contributed by atoms with Crippen molar-refractivity contribution in [2.45, 2.75) is 32.1 Å². The first-order chi connectivity index (χ1) is 11.1. The topological polar surface area (TPSA) is 84.9 Å². The molecule has 0 bridgehead atoms. The third-order valence-corrected chi connectivity index (χ3v) is 3.46. The number of carbonyl (C=O) groups is 2. The summed E-state index contributed by atoms with van der Waals surface area (Å²) in [5, 5.41) is 10.5. The van der Waals surface area contributed by atoms with Gasteiger partial charge in [0, 0.05) is 12.8 Å². The molecule has 0 radical (unpaired) electrons. The summed E-state index contributed by atoms with van der Waals surface area (Å²) in [6, 6.07) is 9.38. The molecule has 0 atom stereocenters. The summed E-state index contributed by atoms with van der Waals surface area (Å²) in [5.74, 6) is -0.372. The molecule has 0 aromatic heterocycles. The van der Waals surface area contributed by atoms with Crippen LogP contribution in [0, 0.1) is 5.92 Å². The first kappa shape index (κ1) is 19.0. The molecule has 0 spiro atoms. The van der Waals surface area contributed by atoms with Gasteiger partial charge in [0.2, 0.25) is 0 Å². The van der Waals surface area contributed by atoms with Crippen LogP contribution in [0.2, 0.25) is 0 Å². The van der Waals surface area contributed by atoms with Crippen LogP contribution >= 0.6 is 0 Å². The van der Waals surface area contributed by atoms with Crippen LogP contribution in [0.25, 0.3) is 0 Å². The summed E-state index contributed by atoms with van der Waals surface area (Å²) in [6.45, 7) is 0.346.